The van der Waals surface area contributed by atoms with E-state index in [1.165, 1.54) is 5.56 Å². The molecule has 0 aliphatic carbocycles. The lowest BCUT2D eigenvalue weighted by atomic mass is 10.0. The monoisotopic (exact) mass is 221 g/mol. The number of hydrogen-bond donors (Lipinski definition) is 1. The van der Waals surface area contributed by atoms with E-state index in [-0.39, 0.29) is 12.0 Å². The van der Waals surface area contributed by atoms with Gasteiger partial charge in [0.1, 0.15) is 0 Å². The molecular weight excluding hydrogens is 202 g/mol. The van der Waals surface area contributed by atoms with E-state index < -0.39 is 0 Å². The molecule has 0 bridgehead atoms. The number of carbonyl (C=O) groups is 1. The number of esters is 1. The largest absolute Gasteiger partial charge is 0.466 e. The first-order chi connectivity index (χ1) is 7.72. The predicted octanol–water partition coefficient (Wildman–Crippen LogP) is 1.90. The van der Waals surface area contributed by atoms with Gasteiger partial charge in [-0.2, -0.15) is 0 Å². The molecule has 2 N–H and O–H groups in total. The minimum Gasteiger partial charge on any atom is -0.466 e. The van der Waals surface area contributed by atoms with Crippen molar-refractivity contribution in [3.05, 3.63) is 35.9 Å². The van der Waals surface area contributed by atoms with Crippen molar-refractivity contribution >= 4 is 5.97 Å². The molecule has 0 heterocycles. The van der Waals surface area contributed by atoms with Crippen LogP contribution in [-0.2, 0) is 16.0 Å². The average Bonchev–Trinajstić information content (AvgIpc) is 2.28. The average molecular weight is 221 g/mol. The van der Waals surface area contributed by atoms with Crippen molar-refractivity contribution in [2.45, 2.75) is 32.2 Å². The second-order valence-electron chi connectivity index (χ2n) is 3.79. The Kier molecular flexibility index (Phi) is 5.57. The number of carbonyl (C=O) groups excluding carboxylic acids is 1. The molecule has 0 radical (unpaired) electrons. The van der Waals surface area contributed by atoms with Crippen LogP contribution in [0.5, 0.6) is 0 Å². The molecule has 0 saturated carbocycles. The third kappa shape index (κ3) is 4.94. The van der Waals surface area contributed by atoms with Crippen LogP contribution < -0.4 is 5.73 Å². The highest BCUT2D eigenvalue weighted by Gasteiger charge is 2.08. The van der Waals surface area contributed by atoms with E-state index in [0.717, 1.165) is 6.42 Å². The van der Waals surface area contributed by atoms with Gasteiger partial charge < -0.3 is 10.5 Å². The fourth-order valence-electron chi connectivity index (χ4n) is 1.56. The summed E-state index contributed by atoms with van der Waals surface area (Å²) in [6.45, 7) is 2.24. The topological polar surface area (TPSA) is 52.3 Å². The molecule has 0 aromatic heterocycles. The van der Waals surface area contributed by atoms with Gasteiger partial charge in [-0.25, -0.2) is 0 Å². The van der Waals surface area contributed by atoms with E-state index in [9.17, 15) is 4.79 Å². The van der Waals surface area contributed by atoms with Crippen LogP contribution in [0.2, 0.25) is 0 Å². The van der Waals surface area contributed by atoms with Crippen molar-refractivity contribution < 1.29 is 9.53 Å². The first kappa shape index (κ1) is 12.7. The van der Waals surface area contributed by atoms with Crippen LogP contribution in [0.25, 0.3) is 0 Å². The van der Waals surface area contributed by atoms with Crippen molar-refractivity contribution in [1.82, 2.24) is 0 Å². The van der Waals surface area contributed by atoms with Gasteiger partial charge in [-0.3, -0.25) is 4.79 Å². The van der Waals surface area contributed by atoms with Gasteiger partial charge in [-0.1, -0.05) is 30.3 Å². The fraction of sp³-hybridized carbons (Fsp3) is 0.462. The highest BCUT2D eigenvalue weighted by molar-refractivity contribution is 5.69. The maximum atomic E-state index is 11.1. The summed E-state index contributed by atoms with van der Waals surface area (Å²) in [4.78, 5) is 11.1. The Hall–Kier alpha value is -1.35. The maximum absolute atomic E-state index is 11.1. The first-order valence-corrected chi connectivity index (χ1v) is 5.67. The summed E-state index contributed by atoms with van der Waals surface area (Å²) in [7, 11) is 0. The highest BCUT2D eigenvalue weighted by atomic mass is 16.5. The summed E-state index contributed by atoms with van der Waals surface area (Å²) in [5, 5.41) is 0. The van der Waals surface area contributed by atoms with Crippen molar-refractivity contribution in [3.8, 4) is 0 Å². The van der Waals surface area contributed by atoms with Crippen molar-refractivity contribution in [2.75, 3.05) is 6.61 Å². The minimum atomic E-state index is -0.161. The van der Waals surface area contributed by atoms with Crippen LogP contribution in [-0.4, -0.2) is 18.6 Å². The zero-order valence-corrected chi connectivity index (χ0v) is 9.69. The van der Waals surface area contributed by atoms with E-state index in [2.05, 4.69) is 0 Å². The molecule has 0 fully saturated rings. The lowest BCUT2D eigenvalue weighted by Gasteiger charge is -2.10. The number of nitrogens with two attached hydrogens (primary N) is 1. The Bertz CT molecular complexity index is 311. The Morgan fingerprint density at radius 3 is 2.69 bits per heavy atom. The molecule has 0 amide bonds. The summed E-state index contributed by atoms with van der Waals surface area (Å²) in [5.74, 6) is -0.161. The van der Waals surface area contributed by atoms with E-state index in [1.54, 1.807) is 0 Å². The van der Waals surface area contributed by atoms with Crippen molar-refractivity contribution in [3.63, 3.8) is 0 Å². The van der Waals surface area contributed by atoms with Crippen molar-refractivity contribution in [2.24, 2.45) is 5.73 Å². The first-order valence-electron chi connectivity index (χ1n) is 5.67. The number of hydrogen-bond acceptors (Lipinski definition) is 3. The van der Waals surface area contributed by atoms with Gasteiger partial charge in [0.25, 0.3) is 0 Å². The van der Waals surface area contributed by atoms with Crippen LogP contribution in [0.3, 0.4) is 0 Å². The molecule has 0 aliphatic heterocycles. The molecule has 1 atom stereocenters. The molecule has 16 heavy (non-hydrogen) atoms. The molecule has 1 aromatic rings. The zero-order valence-electron chi connectivity index (χ0n) is 9.69. The number of ether oxygens (including phenoxy) is 1. The number of rotatable bonds is 6. The van der Waals surface area contributed by atoms with Gasteiger partial charge in [0.05, 0.1) is 6.61 Å². The van der Waals surface area contributed by atoms with Gasteiger partial charge in [-0.15, -0.1) is 0 Å². The van der Waals surface area contributed by atoms with Gasteiger partial charge in [0.2, 0.25) is 0 Å². The summed E-state index contributed by atoms with van der Waals surface area (Å²) >= 11 is 0. The molecule has 0 aliphatic rings. The van der Waals surface area contributed by atoms with E-state index in [4.69, 9.17) is 10.5 Å². The van der Waals surface area contributed by atoms with Crippen LogP contribution in [0.4, 0.5) is 0 Å². The van der Waals surface area contributed by atoms with Crippen molar-refractivity contribution in [1.29, 1.82) is 0 Å². The van der Waals surface area contributed by atoms with Crippen LogP contribution in [0, 0.1) is 0 Å². The van der Waals surface area contributed by atoms with Crippen LogP contribution in [0.1, 0.15) is 25.3 Å². The Labute approximate surface area is 96.6 Å². The Morgan fingerprint density at radius 1 is 1.38 bits per heavy atom. The quantitative estimate of drug-likeness (QED) is 0.746. The molecule has 88 valence electrons. The van der Waals surface area contributed by atoms with Gasteiger partial charge >= 0.3 is 5.97 Å². The second-order valence-corrected chi connectivity index (χ2v) is 3.79. The van der Waals surface area contributed by atoms with Gasteiger partial charge in [0, 0.05) is 12.5 Å². The van der Waals surface area contributed by atoms with Gasteiger partial charge in [-0.05, 0) is 25.3 Å². The molecule has 1 rings (SSSR count). The Morgan fingerprint density at radius 2 is 2.06 bits per heavy atom. The summed E-state index contributed by atoms with van der Waals surface area (Å²) in [6.07, 6.45) is 1.88. The summed E-state index contributed by atoms with van der Waals surface area (Å²) in [5.41, 5.74) is 7.15. The molecule has 0 spiro atoms. The molecule has 0 unspecified atom stereocenters. The lowest BCUT2D eigenvalue weighted by Crippen LogP contribution is -2.24. The lowest BCUT2D eigenvalue weighted by molar-refractivity contribution is -0.143. The SMILES string of the molecule is CCOC(=O)CC[C@H](N)Cc1ccccc1. The molecule has 3 nitrogen and oxygen atoms in total. The highest BCUT2D eigenvalue weighted by Crippen LogP contribution is 2.06. The summed E-state index contributed by atoms with van der Waals surface area (Å²) < 4.78 is 4.85. The normalized spacial score (nSPS) is 12.1. The molecule has 1 aromatic carbocycles. The maximum Gasteiger partial charge on any atom is 0.305 e. The standard InChI is InChI=1S/C13H19NO2/c1-2-16-13(15)9-8-12(14)10-11-6-4-3-5-7-11/h3-7,12H,2,8-10,14H2,1H3/t12-/m0/s1. The summed E-state index contributed by atoms with van der Waals surface area (Å²) in [6, 6.07) is 10.1. The van der Waals surface area contributed by atoms with E-state index in [1.807, 2.05) is 37.3 Å². The molecule has 0 saturated heterocycles. The van der Waals surface area contributed by atoms with E-state index >= 15 is 0 Å². The third-order valence-electron chi connectivity index (χ3n) is 2.37. The third-order valence-corrected chi connectivity index (χ3v) is 2.37. The van der Waals surface area contributed by atoms with Gasteiger partial charge in [0.15, 0.2) is 0 Å². The zero-order chi connectivity index (χ0) is 11.8. The predicted molar refractivity (Wildman–Crippen MR) is 64.0 cm³/mol. The fourth-order valence-corrected chi connectivity index (χ4v) is 1.56. The second kappa shape index (κ2) is 7.01. The van der Waals surface area contributed by atoms with Crippen LogP contribution >= 0.6 is 0 Å². The van der Waals surface area contributed by atoms with E-state index in [0.29, 0.717) is 19.4 Å². The molecule has 3 heteroatoms. The smallest absolute Gasteiger partial charge is 0.305 e. The minimum absolute atomic E-state index is 0.0202. The molecular formula is C13H19NO2. The Balaban J connectivity index is 2.26. The number of benzene rings is 1. The van der Waals surface area contributed by atoms with Crippen LogP contribution in [0.15, 0.2) is 30.3 Å².